The second-order valence-corrected chi connectivity index (χ2v) is 8.64. The van der Waals surface area contributed by atoms with Crippen LogP contribution >= 0.6 is 35.6 Å². The lowest BCUT2D eigenvalue weighted by Gasteiger charge is -2.18. The average molecular weight is 483 g/mol. The summed E-state index contributed by atoms with van der Waals surface area (Å²) in [6.07, 6.45) is -1.08. The van der Waals surface area contributed by atoms with E-state index in [9.17, 15) is 18.3 Å². The zero-order chi connectivity index (χ0) is 20.7. The van der Waals surface area contributed by atoms with Gasteiger partial charge in [0.1, 0.15) is 6.10 Å². The first-order valence-electron chi connectivity index (χ1n) is 8.40. The van der Waals surface area contributed by atoms with Crippen molar-refractivity contribution in [1.29, 1.82) is 0 Å². The summed E-state index contributed by atoms with van der Waals surface area (Å²) in [4.78, 5) is 12.0. The Kier molecular flexibility index (Phi) is 10.4. The van der Waals surface area contributed by atoms with E-state index in [0.717, 1.165) is 5.56 Å². The third kappa shape index (κ3) is 7.75. The van der Waals surface area contributed by atoms with Crippen LogP contribution in [0.4, 0.5) is 0 Å². The number of rotatable bonds is 9. The Bertz CT molecular complexity index is 914. The quantitative estimate of drug-likeness (QED) is 0.406. The van der Waals surface area contributed by atoms with Crippen molar-refractivity contribution in [2.45, 2.75) is 23.5 Å². The van der Waals surface area contributed by atoms with Gasteiger partial charge in [-0.05, 0) is 30.2 Å². The van der Waals surface area contributed by atoms with Crippen LogP contribution in [0, 0.1) is 0 Å². The Balaban J connectivity index is 0.00000420. The van der Waals surface area contributed by atoms with Crippen molar-refractivity contribution in [3.63, 3.8) is 0 Å². The minimum absolute atomic E-state index is 0. The number of aliphatic hydroxyl groups excluding tert-OH is 1. The van der Waals surface area contributed by atoms with Gasteiger partial charge in [-0.1, -0.05) is 53.5 Å². The first-order valence-corrected chi connectivity index (χ1v) is 10.6. The first-order chi connectivity index (χ1) is 13.2. The summed E-state index contributed by atoms with van der Waals surface area (Å²) in [5.41, 5.74) is 6.78. The molecule has 11 heteroatoms. The zero-order valence-electron chi connectivity index (χ0n) is 15.2. The normalized spacial score (nSPS) is 13.2. The minimum Gasteiger partial charge on any atom is -0.382 e. The summed E-state index contributed by atoms with van der Waals surface area (Å²) in [5, 5.41) is 12.9. The second-order valence-electron chi connectivity index (χ2n) is 6.06. The number of hydrogen-bond donors (Lipinski definition) is 4. The van der Waals surface area contributed by atoms with Crippen molar-refractivity contribution >= 4 is 51.5 Å². The van der Waals surface area contributed by atoms with Gasteiger partial charge in [0.05, 0.1) is 14.9 Å². The van der Waals surface area contributed by atoms with Crippen LogP contribution in [0.15, 0.2) is 53.4 Å². The molecule has 2 atom stereocenters. The summed E-state index contributed by atoms with van der Waals surface area (Å²) in [7, 11) is -3.81. The van der Waals surface area contributed by atoms with Gasteiger partial charge in [-0.2, -0.15) is 0 Å². The smallest absolute Gasteiger partial charge is 0.250 e. The van der Waals surface area contributed by atoms with E-state index in [1.165, 1.54) is 18.2 Å². The van der Waals surface area contributed by atoms with Gasteiger partial charge in [0.25, 0.3) is 5.91 Å². The van der Waals surface area contributed by atoms with E-state index >= 15 is 0 Å². The van der Waals surface area contributed by atoms with Crippen LogP contribution < -0.4 is 15.8 Å². The fourth-order valence-electron chi connectivity index (χ4n) is 2.40. The number of benzene rings is 2. The van der Waals surface area contributed by atoms with Crippen molar-refractivity contribution in [3.05, 3.63) is 64.1 Å². The molecule has 7 nitrogen and oxygen atoms in total. The third-order valence-corrected chi connectivity index (χ3v) is 6.10. The van der Waals surface area contributed by atoms with E-state index in [-0.39, 0.29) is 40.4 Å². The minimum atomic E-state index is -3.81. The van der Waals surface area contributed by atoms with E-state index in [2.05, 4.69) is 10.0 Å². The SMILES string of the molecule is Cl.NC(Cc1ccccc1)C(O)C(=O)NCCNS(=O)(=O)c1ccc(Cl)c(Cl)c1. The van der Waals surface area contributed by atoms with Crippen LogP contribution in [-0.4, -0.2) is 44.7 Å². The van der Waals surface area contributed by atoms with E-state index in [4.69, 9.17) is 28.9 Å². The summed E-state index contributed by atoms with van der Waals surface area (Å²) in [5.74, 6) is -0.669. The highest BCUT2D eigenvalue weighted by Crippen LogP contribution is 2.24. The molecule has 2 aromatic rings. The summed E-state index contributed by atoms with van der Waals surface area (Å²) in [6, 6.07) is 12.4. The number of aliphatic hydroxyl groups is 1. The lowest BCUT2D eigenvalue weighted by Crippen LogP contribution is -2.48. The molecular formula is C18H22Cl3N3O4S. The van der Waals surface area contributed by atoms with Crippen LogP contribution in [0.25, 0.3) is 0 Å². The van der Waals surface area contributed by atoms with Crippen molar-refractivity contribution in [3.8, 4) is 0 Å². The Morgan fingerprint density at radius 2 is 1.72 bits per heavy atom. The molecule has 0 fully saturated rings. The van der Waals surface area contributed by atoms with E-state index in [0.29, 0.717) is 6.42 Å². The number of carbonyl (C=O) groups is 1. The summed E-state index contributed by atoms with van der Waals surface area (Å²) in [6.45, 7) is -0.0938. The highest BCUT2D eigenvalue weighted by molar-refractivity contribution is 7.89. The predicted octanol–water partition coefficient (Wildman–Crippen LogP) is 1.74. The molecule has 0 saturated heterocycles. The number of halogens is 3. The molecule has 0 aliphatic carbocycles. The van der Waals surface area contributed by atoms with Crippen LogP contribution in [0.2, 0.25) is 10.0 Å². The fraction of sp³-hybridized carbons (Fsp3) is 0.278. The molecule has 0 radical (unpaired) electrons. The Morgan fingerprint density at radius 3 is 2.34 bits per heavy atom. The van der Waals surface area contributed by atoms with Gasteiger partial charge in [-0.15, -0.1) is 12.4 Å². The maximum absolute atomic E-state index is 12.2. The van der Waals surface area contributed by atoms with Gasteiger partial charge in [-0.3, -0.25) is 4.79 Å². The van der Waals surface area contributed by atoms with E-state index in [1.54, 1.807) is 0 Å². The molecule has 2 aromatic carbocycles. The lowest BCUT2D eigenvalue weighted by molar-refractivity contribution is -0.130. The van der Waals surface area contributed by atoms with Gasteiger partial charge in [0.2, 0.25) is 10.0 Å². The molecule has 0 heterocycles. The van der Waals surface area contributed by atoms with Gasteiger partial charge in [0, 0.05) is 19.1 Å². The molecule has 0 saturated carbocycles. The molecule has 2 unspecified atom stereocenters. The third-order valence-electron chi connectivity index (χ3n) is 3.91. The van der Waals surface area contributed by atoms with Gasteiger partial charge < -0.3 is 16.2 Å². The summed E-state index contributed by atoms with van der Waals surface area (Å²) >= 11 is 11.6. The Morgan fingerprint density at radius 1 is 1.07 bits per heavy atom. The molecule has 0 spiro atoms. The molecule has 0 aliphatic rings. The Labute approximate surface area is 186 Å². The number of carbonyl (C=O) groups excluding carboxylic acids is 1. The molecule has 160 valence electrons. The summed E-state index contributed by atoms with van der Waals surface area (Å²) < 4.78 is 26.7. The van der Waals surface area contributed by atoms with Gasteiger partial charge >= 0.3 is 0 Å². The molecular weight excluding hydrogens is 461 g/mol. The highest BCUT2D eigenvalue weighted by Gasteiger charge is 2.23. The highest BCUT2D eigenvalue weighted by atomic mass is 35.5. The van der Waals surface area contributed by atoms with Crippen molar-refractivity contribution < 1.29 is 18.3 Å². The molecule has 29 heavy (non-hydrogen) atoms. The predicted molar refractivity (Wildman–Crippen MR) is 116 cm³/mol. The van der Waals surface area contributed by atoms with Crippen LogP contribution in [-0.2, 0) is 21.2 Å². The topological polar surface area (TPSA) is 122 Å². The van der Waals surface area contributed by atoms with Gasteiger partial charge in [-0.25, -0.2) is 13.1 Å². The van der Waals surface area contributed by atoms with Crippen molar-refractivity contribution in [2.24, 2.45) is 5.73 Å². The van der Waals surface area contributed by atoms with Crippen molar-refractivity contribution in [1.82, 2.24) is 10.0 Å². The number of nitrogens with one attached hydrogen (secondary N) is 2. The second kappa shape index (κ2) is 11.7. The largest absolute Gasteiger partial charge is 0.382 e. The first kappa shape index (κ1) is 25.6. The molecule has 1 amide bonds. The van der Waals surface area contributed by atoms with Crippen LogP contribution in [0.3, 0.4) is 0 Å². The molecule has 0 aromatic heterocycles. The van der Waals surface area contributed by atoms with Crippen LogP contribution in [0.1, 0.15) is 5.56 Å². The van der Waals surface area contributed by atoms with E-state index < -0.39 is 28.1 Å². The maximum atomic E-state index is 12.2. The molecule has 2 rings (SSSR count). The average Bonchev–Trinajstić information content (AvgIpc) is 2.67. The van der Waals surface area contributed by atoms with Gasteiger partial charge in [0.15, 0.2) is 0 Å². The Hall–Kier alpha value is -1.39. The fourth-order valence-corrected chi connectivity index (χ4v) is 3.82. The maximum Gasteiger partial charge on any atom is 0.250 e. The zero-order valence-corrected chi connectivity index (χ0v) is 18.4. The number of amides is 1. The molecule has 0 aliphatic heterocycles. The van der Waals surface area contributed by atoms with E-state index in [1.807, 2.05) is 30.3 Å². The number of hydrogen-bond acceptors (Lipinski definition) is 5. The monoisotopic (exact) mass is 481 g/mol. The van der Waals surface area contributed by atoms with Crippen molar-refractivity contribution in [2.75, 3.05) is 13.1 Å². The standard InChI is InChI=1S/C18H21Cl2N3O4S.ClH/c19-14-7-6-13(11-15(14)20)28(26,27)23-9-8-22-18(25)17(24)16(21)10-12-4-2-1-3-5-12;/h1-7,11,16-17,23-24H,8-10,21H2,(H,22,25);1H. The number of sulfonamides is 1. The number of nitrogens with two attached hydrogens (primary N) is 1. The van der Waals surface area contributed by atoms with Crippen LogP contribution in [0.5, 0.6) is 0 Å². The lowest BCUT2D eigenvalue weighted by atomic mass is 10.0. The molecule has 5 N–H and O–H groups in total. The molecule has 0 bridgehead atoms.